The van der Waals surface area contributed by atoms with Gasteiger partial charge in [0.1, 0.15) is 5.75 Å². The van der Waals surface area contributed by atoms with Crippen molar-refractivity contribution in [1.82, 2.24) is 0 Å². The van der Waals surface area contributed by atoms with E-state index in [1.54, 1.807) is 25.3 Å². The molecule has 0 heterocycles. The molecule has 3 nitrogen and oxygen atoms in total. The van der Waals surface area contributed by atoms with Crippen LogP contribution in [-0.4, -0.2) is 20.0 Å². The molecule has 2 rings (SSSR count). The summed E-state index contributed by atoms with van der Waals surface area (Å²) < 4.78 is 23.4. The molecule has 0 aliphatic carbocycles. The molecule has 2 aromatic rings. The fourth-order valence-corrected chi connectivity index (χ4v) is 1.80. The van der Waals surface area contributed by atoms with E-state index in [1.165, 1.54) is 31.4 Å². The molecule has 0 radical (unpaired) electrons. The Morgan fingerprint density at radius 3 is 2.33 bits per heavy atom. The first kappa shape index (κ1) is 14.8. The molecule has 0 aliphatic heterocycles. The molecular weight excluding hydrogens is 271 g/mol. The number of hydrogen-bond donors (Lipinski definition) is 0. The second-order valence-corrected chi connectivity index (χ2v) is 4.32. The van der Waals surface area contributed by atoms with Crippen LogP contribution < -0.4 is 9.47 Å². The number of methoxy groups -OCH3 is 2. The maximum Gasteiger partial charge on any atom is 0.185 e. The van der Waals surface area contributed by atoms with Crippen molar-refractivity contribution >= 4 is 11.9 Å². The molecule has 108 valence electrons. The van der Waals surface area contributed by atoms with Gasteiger partial charge in [-0.05, 0) is 42.0 Å². The first-order valence-electron chi connectivity index (χ1n) is 6.34. The summed E-state index contributed by atoms with van der Waals surface area (Å²) in [7, 11) is 2.97. The summed E-state index contributed by atoms with van der Waals surface area (Å²) in [5.41, 5.74) is 1.14. The predicted molar refractivity (Wildman–Crippen MR) is 79.3 cm³/mol. The van der Waals surface area contributed by atoms with Crippen LogP contribution in [0.1, 0.15) is 15.9 Å². The van der Waals surface area contributed by atoms with Crippen LogP contribution in [0.4, 0.5) is 4.39 Å². The van der Waals surface area contributed by atoms with E-state index in [9.17, 15) is 9.18 Å². The standard InChI is InChI=1S/C17H15FO3/c1-20-14-7-3-12(4-8-14)5-9-16(19)13-6-10-17(21-2)15(18)11-13/h3-11H,1-2H3/b9-5+. The topological polar surface area (TPSA) is 35.5 Å². The lowest BCUT2D eigenvalue weighted by atomic mass is 10.1. The fourth-order valence-electron chi connectivity index (χ4n) is 1.80. The summed E-state index contributed by atoms with van der Waals surface area (Å²) in [5, 5.41) is 0. The lowest BCUT2D eigenvalue weighted by molar-refractivity contribution is 0.104. The summed E-state index contributed by atoms with van der Waals surface area (Å²) in [6, 6.07) is 11.4. The molecule has 4 heteroatoms. The third kappa shape index (κ3) is 3.69. The van der Waals surface area contributed by atoms with Gasteiger partial charge in [0, 0.05) is 5.56 Å². The molecule has 0 atom stereocenters. The van der Waals surface area contributed by atoms with E-state index in [2.05, 4.69) is 0 Å². The van der Waals surface area contributed by atoms with Gasteiger partial charge in [0.15, 0.2) is 17.3 Å². The van der Waals surface area contributed by atoms with E-state index >= 15 is 0 Å². The zero-order chi connectivity index (χ0) is 15.2. The van der Waals surface area contributed by atoms with Crippen molar-refractivity contribution in [1.29, 1.82) is 0 Å². The van der Waals surface area contributed by atoms with Crippen molar-refractivity contribution in [2.45, 2.75) is 0 Å². The number of benzene rings is 2. The highest BCUT2D eigenvalue weighted by molar-refractivity contribution is 6.06. The number of carbonyl (C=O) groups excluding carboxylic acids is 1. The summed E-state index contributed by atoms with van der Waals surface area (Å²) in [6.45, 7) is 0. The van der Waals surface area contributed by atoms with Crippen LogP contribution in [0.3, 0.4) is 0 Å². The largest absolute Gasteiger partial charge is 0.497 e. The van der Waals surface area contributed by atoms with Crippen molar-refractivity contribution in [2.75, 3.05) is 14.2 Å². The minimum absolute atomic E-state index is 0.116. The van der Waals surface area contributed by atoms with Crippen molar-refractivity contribution in [3.8, 4) is 11.5 Å². The van der Waals surface area contributed by atoms with Gasteiger partial charge in [-0.15, -0.1) is 0 Å². The monoisotopic (exact) mass is 286 g/mol. The Balaban J connectivity index is 2.12. The van der Waals surface area contributed by atoms with Gasteiger partial charge in [-0.25, -0.2) is 4.39 Å². The van der Waals surface area contributed by atoms with Gasteiger partial charge in [0.25, 0.3) is 0 Å². The van der Waals surface area contributed by atoms with Crippen molar-refractivity contribution in [2.24, 2.45) is 0 Å². The molecule has 0 saturated carbocycles. The predicted octanol–water partition coefficient (Wildman–Crippen LogP) is 3.74. The molecule has 2 aromatic carbocycles. The lowest BCUT2D eigenvalue weighted by Gasteiger charge is -2.02. The number of ketones is 1. The van der Waals surface area contributed by atoms with Gasteiger partial charge < -0.3 is 9.47 Å². The van der Waals surface area contributed by atoms with Crippen molar-refractivity contribution in [3.05, 3.63) is 65.5 Å². The Hall–Kier alpha value is -2.62. The van der Waals surface area contributed by atoms with E-state index in [-0.39, 0.29) is 17.1 Å². The molecule has 0 bridgehead atoms. The maximum absolute atomic E-state index is 13.5. The second-order valence-electron chi connectivity index (χ2n) is 4.32. The quantitative estimate of drug-likeness (QED) is 0.620. The van der Waals surface area contributed by atoms with E-state index in [0.717, 1.165) is 11.3 Å². The summed E-state index contributed by atoms with van der Waals surface area (Å²) in [4.78, 5) is 12.0. The first-order valence-corrected chi connectivity index (χ1v) is 6.34. The van der Waals surface area contributed by atoms with Crippen LogP contribution in [0.2, 0.25) is 0 Å². The molecule has 0 aromatic heterocycles. The van der Waals surface area contributed by atoms with E-state index < -0.39 is 5.82 Å². The van der Waals surface area contributed by atoms with Crippen LogP contribution in [0.25, 0.3) is 6.08 Å². The van der Waals surface area contributed by atoms with Gasteiger partial charge >= 0.3 is 0 Å². The molecule has 0 N–H and O–H groups in total. The van der Waals surface area contributed by atoms with Gasteiger partial charge in [-0.3, -0.25) is 4.79 Å². The van der Waals surface area contributed by atoms with Crippen LogP contribution >= 0.6 is 0 Å². The zero-order valence-electron chi connectivity index (χ0n) is 11.8. The average Bonchev–Trinajstić information content (AvgIpc) is 2.53. The molecule has 0 saturated heterocycles. The molecule has 21 heavy (non-hydrogen) atoms. The molecule has 0 fully saturated rings. The molecule has 0 spiro atoms. The third-order valence-electron chi connectivity index (χ3n) is 2.98. The Morgan fingerprint density at radius 1 is 1.05 bits per heavy atom. The average molecular weight is 286 g/mol. The van der Waals surface area contributed by atoms with Gasteiger partial charge in [-0.2, -0.15) is 0 Å². The van der Waals surface area contributed by atoms with E-state index in [1.807, 2.05) is 12.1 Å². The van der Waals surface area contributed by atoms with Crippen molar-refractivity contribution < 1.29 is 18.7 Å². The Kier molecular flexibility index (Phi) is 4.72. The van der Waals surface area contributed by atoms with E-state index in [4.69, 9.17) is 9.47 Å². The number of allylic oxidation sites excluding steroid dienone is 1. The minimum Gasteiger partial charge on any atom is -0.497 e. The Labute approximate surface area is 122 Å². The number of carbonyl (C=O) groups is 1. The first-order chi connectivity index (χ1) is 10.1. The number of ether oxygens (including phenoxy) is 2. The highest BCUT2D eigenvalue weighted by atomic mass is 19.1. The smallest absolute Gasteiger partial charge is 0.185 e. The SMILES string of the molecule is COc1ccc(/C=C/C(=O)c2ccc(OC)c(F)c2)cc1. The second kappa shape index (κ2) is 6.70. The molecular formula is C17H15FO3. The number of hydrogen-bond acceptors (Lipinski definition) is 3. The molecule has 0 aliphatic rings. The number of halogens is 1. The highest BCUT2D eigenvalue weighted by Gasteiger charge is 2.07. The summed E-state index contributed by atoms with van der Waals surface area (Å²) in [6.07, 6.45) is 3.08. The minimum atomic E-state index is -0.554. The van der Waals surface area contributed by atoms with Crippen LogP contribution in [-0.2, 0) is 0 Å². The zero-order valence-corrected chi connectivity index (χ0v) is 11.8. The van der Waals surface area contributed by atoms with E-state index in [0.29, 0.717) is 0 Å². The van der Waals surface area contributed by atoms with Crippen LogP contribution in [0.15, 0.2) is 48.5 Å². The normalized spacial score (nSPS) is 10.6. The van der Waals surface area contributed by atoms with Gasteiger partial charge in [0.05, 0.1) is 14.2 Å². The number of rotatable bonds is 5. The fraction of sp³-hybridized carbons (Fsp3) is 0.118. The van der Waals surface area contributed by atoms with Crippen LogP contribution in [0.5, 0.6) is 11.5 Å². The maximum atomic E-state index is 13.5. The van der Waals surface area contributed by atoms with Gasteiger partial charge in [-0.1, -0.05) is 18.2 Å². The molecule has 0 amide bonds. The summed E-state index contributed by atoms with van der Waals surface area (Å²) in [5.74, 6) is 0.0370. The van der Waals surface area contributed by atoms with Crippen molar-refractivity contribution in [3.63, 3.8) is 0 Å². The van der Waals surface area contributed by atoms with Gasteiger partial charge in [0.2, 0.25) is 0 Å². The molecule has 0 unspecified atom stereocenters. The van der Waals surface area contributed by atoms with Crippen LogP contribution in [0, 0.1) is 5.82 Å². The Morgan fingerprint density at radius 2 is 1.76 bits per heavy atom. The summed E-state index contributed by atoms with van der Waals surface area (Å²) >= 11 is 0. The lowest BCUT2D eigenvalue weighted by Crippen LogP contribution is -1.97. The Bertz CT molecular complexity index is 660. The highest BCUT2D eigenvalue weighted by Crippen LogP contribution is 2.18. The third-order valence-corrected chi connectivity index (χ3v) is 2.98.